The molecule has 3 aromatic rings. The molecule has 0 aliphatic carbocycles. The first-order valence-electron chi connectivity index (χ1n) is 8.67. The number of carbonyl (C=O) groups is 1. The van der Waals surface area contributed by atoms with Gasteiger partial charge in [0.15, 0.2) is 5.13 Å². The number of quaternary nitrogens is 1. The summed E-state index contributed by atoms with van der Waals surface area (Å²) in [5.41, 5.74) is 2.38. The topological polar surface area (TPSA) is 37.6 Å². The van der Waals surface area contributed by atoms with Crippen LogP contribution in [0, 0.1) is 12.7 Å². The minimum absolute atomic E-state index is 0.214. The molecule has 2 aromatic carbocycles. The summed E-state index contributed by atoms with van der Waals surface area (Å²) < 4.78 is 14.6. The Labute approximate surface area is 156 Å². The molecule has 26 heavy (non-hydrogen) atoms. The van der Waals surface area contributed by atoms with Crippen LogP contribution in [-0.4, -0.2) is 38.1 Å². The van der Waals surface area contributed by atoms with E-state index in [1.54, 1.807) is 17.0 Å². The number of thiazole rings is 1. The van der Waals surface area contributed by atoms with Gasteiger partial charge >= 0.3 is 0 Å². The number of fused-ring (bicyclic) bond motifs is 1. The molecule has 0 fully saturated rings. The fourth-order valence-corrected chi connectivity index (χ4v) is 3.88. The van der Waals surface area contributed by atoms with Crippen molar-refractivity contribution in [1.29, 1.82) is 0 Å². The van der Waals surface area contributed by atoms with Gasteiger partial charge < -0.3 is 4.90 Å². The molecule has 0 radical (unpaired) electrons. The summed E-state index contributed by atoms with van der Waals surface area (Å²) >= 11 is 1.50. The number of hydrogen-bond acceptors (Lipinski definition) is 3. The maximum Gasteiger partial charge on any atom is 0.260 e. The zero-order valence-electron chi connectivity index (χ0n) is 15.3. The molecule has 0 saturated heterocycles. The molecule has 0 bridgehead atoms. The number of hydrogen-bond donors (Lipinski definition) is 1. The fourth-order valence-electron chi connectivity index (χ4n) is 2.79. The Morgan fingerprint density at radius 1 is 1.23 bits per heavy atom. The average Bonchev–Trinajstić information content (AvgIpc) is 3.00. The van der Waals surface area contributed by atoms with Gasteiger partial charge in [-0.05, 0) is 42.8 Å². The number of aryl methyl sites for hydroxylation is 1. The molecule has 1 amide bonds. The van der Waals surface area contributed by atoms with Crippen molar-refractivity contribution < 1.29 is 14.1 Å². The summed E-state index contributed by atoms with van der Waals surface area (Å²) in [6.45, 7) is 3.53. The van der Waals surface area contributed by atoms with Crippen molar-refractivity contribution in [1.82, 2.24) is 4.98 Å². The molecule has 3 rings (SSSR count). The van der Waals surface area contributed by atoms with E-state index in [0.717, 1.165) is 28.7 Å². The molecule has 0 aliphatic heterocycles. The van der Waals surface area contributed by atoms with Crippen LogP contribution in [0.4, 0.5) is 9.52 Å². The van der Waals surface area contributed by atoms with Crippen LogP contribution >= 0.6 is 11.3 Å². The summed E-state index contributed by atoms with van der Waals surface area (Å²) in [4.78, 5) is 20.7. The Hall–Kier alpha value is -2.31. The maximum atomic E-state index is 13.6. The van der Waals surface area contributed by atoms with Gasteiger partial charge in [0.05, 0.1) is 30.9 Å². The lowest BCUT2D eigenvalue weighted by atomic mass is 10.2. The van der Waals surface area contributed by atoms with E-state index in [1.165, 1.54) is 28.4 Å². The molecule has 0 saturated carbocycles. The highest BCUT2D eigenvalue weighted by Gasteiger charge is 2.21. The molecule has 0 aliphatic rings. The van der Waals surface area contributed by atoms with Gasteiger partial charge in [0.1, 0.15) is 5.82 Å². The van der Waals surface area contributed by atoms with Crippen molar-refractivity contribution >= 4 is 32.6 Å². The molecule has 6 heteroatoms. The SMILES string of the molecule is Cc1ccc2nc(N(CCC[NH+](C)C)C(=O)c3cccc(F)c3)sc2c1. The van der Waals surface area contributed by atoms with E-state index in [1.807, 2.05) is 19.1 Å². The minimum atomic E-state index is -0.409. The second kappa shape index (κ2) is 7.93. The number of rotatable bonds is 6. The van der Waals surface area contributed by atoms with Crippen LogP contribution in [0.15, 0.2) is 42.5 Å². The zero-order chi connectivity index (χ0) is 18.7. The van der Waals surface area contributed by atoms with Gasteiger partial charge in [0.25, 0.3) is 5.91 Å². The number of nitrogens with zero attached hydrogens (tertiary/aromatic N) is 2. The Kier molecular flexibility index (Phi) is 5.64. The van der Waals surface area contributed by atoms with Crippen molar-refractivity contribution in [3.05, 3.63) is 59.4 Å². The highest BCUT2D eigenvalue weighted by atomic mass is 32.1. The van der Waals surface area contributed by atoms with E-state index in [9.17, 15) is 9.18 Å². The van der Waals surface area contributed by atoms with Crippen molar-refractivity contribution in [3.8, 4) is 0 Å². The molecule has 0 atom stereocenters. The third-order valence-electron chi connectivity index (χ3n) is 4.14. The van der Waals surface area contributed by atoms with Gasteiger partial charge in [-0.15, -0.1) is 0 Å². The molecule has 1 N–H and O–H groups in total. The molecule has 0 unspecified atom stereocenters. The number of amides is 1. The summed E-state index contributed by atoms with van der Waals surface area (Å²) in [5, 5.41) is 0.661. The monoisotopic (exact) mass is 372 g/mol. The third kappa shape index (κ3) is 4.26. The van der Waals surface area contributed by atoms with E-state index < -0.39 is 5.82 Å². The van der Waals surface area contributed by atoms with Crippen LogP contribution in [0.25, 0.3) is 10.2 Å². The number of anilines is 1. The number of carbonyl (C=O) groups excluding carboxylic acids is 1. The summed E-state index contributed by atoms with van der Waals surface area (Å²) in [7, 11) is 4.17. The van der Waals surface area contributed by atoms with Gasteiger partial charge in [0, 0.05) is 18.5 Å². The Bertz CT molecular complexity index is 922. The van der Waals surface area contributed by atoms with Gasteiger partial charge in [0.2, 0.25) is 0 Å². The zero-order valence-corrected chi connectivity index (χ0v) is 16.1. The minimum Gasteiger partial charge on any atom is -0.340 e. The van der Waals surface area contributed by atoms with Crippen LogP contribution in [0.1, 0.15) is 22.3 Å². The summed E-state index contributed by atoms with van der Waals surface area (Å²) in [6.07, 6.45) is 0.846. The number of benzene rings is 2. The molecular formula is C20H23FN3OS+. The largest absolute Gasteiger partial charge is 0.340 e. The Morgan fingerprint density at radius 3 is 2.77 bits per heavy atom. The summed E-state index contributed by atoms with van der Waals surface area (Å²) in [5.74, 6) is -0.623. The predicted molar refractivity (Wildman–Crippen MR) is 105 cm³/mol. The first kappa shape index (κ1) is 18.5. The first-order valence-corrected chi connectivity index (χ1v) is 9.49. The molecule has 1 heterocycles. The average molecular weight is 372 g/mol. The van der Waals surface area contributed by atoms with Crippen LogP contribution in [0.2, 0.25) is 0 Å². The van der Waals surface area contributed by atoms with Gasteiger partial charge in [-0.3, -0.25) is 9.69 Å². The lowest BCUT2D eigenvalue weighted by molar-refractivity contribution is -0.858. The van der Waals surface area contributed by atoms with Gasteiger partial charge in [-0.1, -0.05) is 23.5 Å². The van der Waals surface area contributed by atoms with Crippen molar-refractivity contribution in [2.45, 2.75) is 13.3 Å². The second-order valence-corrected chi connectivity index (χ2v) is 7.75. The lowest BCUT2D eigenvalue weighted by Crippen LogP contribution is -3.05. The Morgan fingerprint density at radius 2 is 2.04 bits per heavy atom. The van der Waals surface area contributed by atoms with Crippen molar-refractivity contribution in [2.24, 2.45) is 0 Å². The van der Waals surface area contributed by atoms with Crippen LogP contribution in [-0.2, 0) is 0 Å². The highest BCUT2D eigenvalue weighted by Crippen LogP contribution is 2.30. The van der Waals surface area contributed by atoms with E-state index in [-0.39, 0.29) is 5.91 Å². The predicted octanol–water partition coefficient (Wildman–Crippen LogP) is 2.93. The molecule has 1 aromatic heterocycles. The quantitative estimate of drug-likeness (QED) is 0.722. The van der Waals surface area contributed by atoms with Gasteiger partial charge in [-0.25, -0.2) is 9.37 Å². The number of halogens is 1. The van der Waals surface area contributed by atoms with E-state index in [2.05, 4.69) is 25.1 Å². The smallest absolute Gasteiger partial charge is 0.260 e. The Balaban J connectivity index is 1.94. The standard InChI is InChI=1S/C20H22FN3OS/c1-14-8-9-17-18(12-14)26-20(22-17)24(11-5-10-23(2)3)19(25)15-6-4-7-16(21)13-15/h4,6-9,12-13H,5,10-11H2,1-3H3/p+1. The number of nitrogens with one attached hydrogen (secondary N) is 1. The molecular weight excluding hydrogens is 349 g/mol. The molecule has 136 valence electrons. The van der Waals surface area contributed by atoms with E-state index in [4.69, 9.17) is 0 Å². The van der Waals surface area contributed by atoms with Crippen molar-refractivity contribution in [2.75, 3.05) is 32.1 Å². The van der Waals surface area contributed by atoms with Crippen LogP contribution in [0.5, 0.6) is 0 Å². The third-order valence-corrected chi connectivity index (χ3v) is 5.18. The van der Waals surface area contributed by atoms with E-state index >= 15 is 0 Å². The van der Waals surface area contributed by atoms with Crippen LogP contribution in [0.3, 0.4) is 0 Å². The summed E-state index contributed by atoms with van der Waals surface area (Å²) in [6, 6.07) is 11.9. The normalized spacial score (nSPS) is 11.3. The second-order valence-electron chi connectivity index (χ2n) is 6.75. The fraction of sp³-hybridized carbons (Fsp3) is 0.300. The van der Waals surface area contributed by atoms with Crippen LogP contribution < -0.4 is 9.80 Å². The van der Waals surface area contributed by atoms with Gasteiger partial charge in [-0.2, -0.15) is 0 Å². The molecule has 4 nitrogen and oxygen atoms in total. The maximum absolute atomic E-state index is 13.6. The number of aromatic nitrogens is 1. The lowest BCUT2D eigenvalue weighted by Gasteiger charge is -2.20. The van der Waals surface area contributed by atoms with E-state index in [0.29, 0.717) is 17.2 Å². The first-order chi connectivity index (χ1) is 12.4. The van der Waals surface area contributed by atoms with Crippen molar-refractivity contribution in [3.63, 3.8) is 0 Å². The molecule has 0 spiro atoms. The highest BCUT2D eigenvalue weighted by molar-refractivity contribution is 7.22.